The van der Waals surface area contributed by atoms with Crippen LogP contribution in [0.3, 0.4) is 0 Å². The maximum atomic E-state index is 10.3. The molecule has 0 amide bonds. The Morgan fingerprint density at radius 3 is 1.44 bits per heavy atom. The van der Waals surface area contributed by atoms with E-state index in [1.54, 1.807) is 12.2 Å². The molecule has 27 heavy (non-hydrogen) atoms. The summed E-state index contributed by atoms with van der Waals surface area (Å²) in [6.07, 6.45) is 34.1. The van der Waals surface area contributed by atoms with Crippen LogP contribution in [0.2, 0.25) is 0 Å². The SMILES string of the molecule is CCCCCCCCCCCCCCCCCC/C=C/C=C/C=C/C(=O)O. The highest BCUT2D eigenvalue weighted by Crippen LogP contribution is 2.14. The summed E-state index contributed by atoms with van der Waals surface area (Å²) in [5.74, 6) is -0.906. The highest BCUT2D eigenvalue weighted by Gasteiger charge is 1.94. The minimum absolute atomic E-state index is 0.906. The van der Waals surface area contributed by atoms with Gasteiger partial charge in [-0.1, -0.05) is 134 Å². The van der Waals surface area contributed by atoms with Crippen LogP contribution in [0, 0.1) is 0 Å². The lowest BCUT2D eigenvalue weighted by atomic mass is 10.0. The van der Waals surface area contributed by atoms with Crippen LogP contribution in [0.25, 0.3) is 0 Å². The minimum atomic E-state index is -0.906. The van der Waals surface area contributed by atoms with Crippen LogP contribution in [-0.2, 0) is 4.79 Å². The second-order valence-electron chi connectivity index (χ2n) is 7.60. The van der Waals surface area contributed by atoms with Crippen LogP contribution in [0.15, 0.2) is 36.5 Å². The maximum Gasteiger partial charge on any atom is 0.328 e. The molecular formula is C25H44O2. The van der Waals surface area contributed by atoms with Crippen LogP contribution in [0.5, 0.6) is 0 Å². The molecule has 0 aliphatic carbocycles. The Bertz CT molecular complexity index is 393. The van der Waals surface area contributed by atoms with Gasteiger partial charge in [-0.2, -0.15) is 0 Å². The number of aliphatic carboxylic acids is 1. The Morgan fingerprint density at radius 2 is 1.00 bits per heavy atom. The zero-order valence-corrected chi connectivity index (χ0v) is 17.8. The van der Waals surface area contributed by atoms with Gasteiger partial charge in [-0.05, 0) is 12.8 Å². The summed E-state index contributed by atoms with van der Waals surface area (Å²) in [6.45, 7) is 2.28. The van der Waals surface area contributed by atoms with Crippen molar-refractivity contribution < 1.29 is 9.90 Å². The lowest BCUT2D eigenvalue weighted by Crippen LogP contribution is -1.84. The number of allylic oxidation sites excluding steroid dienone is 5. The van der Waals surface area contributed by atoms with Gasteiger partial charge in [0.05, 0.1) is 0 Å². The molecule has 0 fully saturated rings. The first kappa shape index (κ1) is 25.7. The average molecular weight is 377 g/mol. The summed E-state index contributed by atoms with van der Waals surface area (Å²) in [5.41, 5.74) is 0. The van der Waals surface area contributed by atoms with Crippen LogP contribution in [0.4, 0.5) is 0 Å². The van der Waals surface area contributed by atoms with Crippen LogP contribution in [0.1, 0.15) is 116 Å². The number of rotatable bonds is 20. The molecule has 0 heterocycles. The second kappa shape index (κ2) is 22.7. The largest absolute Gasteiger partial charge is 0.478 e. The fourth-order valence-corrected chi connectivity index (χ4v) is 3.25. The summed E-state index contributed by atoms with van der Waals surface area (Å²) < 4.78 is 0. The number of carboxylic acid groups (broad SMARTS) is 1. The zero-order valence-electron chi connectivity index (χ0n) is 17.8. The Labute approximate surface area is 168 Å². The van der Waals surface area contributed by atoms with Crippen molar-refractivity contribution in [2.24, 2.45) is 0 Å². The van der Waals surface area contributed by atoms with Crippen molar-refractivity contribution in [3.63, 3.8) is 0 Å². The van der Waals surface area contributed by atoms with E-state index in [0.29, 0.717) is 0 Å². The van der Waals surface area contributed by atoms with Gasteiger partial charge in [-0.25, -0.2) is 4.79 Å². The summed E-state index contributed by atoms with van der Waals surface area (Å²) in [6, 6.07) is 0. The highest BCUT2D eigenvalue weighted by atomic mass is 16.4. The van der Waals surface area contributed by atoms with Crippen LogP contribution < -0.4 is 0 Å². The van der Waals surface area contributed by atoms with Crippen LogP contribution >= 0.6 is 0 Å². The van der Waals surface area contributed by atoms with Gasteiger partial charge >= 0.3 is 5.97 Å². The Kier molecular flexibility index (Phi) is 21.6. The normalized spacial score (nSPS) is 12.0. The second-order valence-corrected chi connectivity index (χ2v) is 7.60. The van der Waals surface area contributed by atoms with Crippen molar-refractivity contribution in [3.8, 4) is 0 Å². The fourth-order valence-electron chi connectivity index (χ4n) is 3.25. The van der Waals surface area contributed by atoms with Gasteiger partial charge in [0.2, 0.25) is 0 Å². The van der Waals surface area contributed by atoms with Crippen LogP contribution in [-0.4, -0.2) is 11.1 Å². The molecule has 0 rings (SSSR count). The molecule has 0 unspecified atom stereocenters. The molecule has 0 aromatic carbocycles. The molecule has 1 N–H and O–H groups in total. The number of carbonyl (C=O) groups is 1. The van der Waals surface area contributed by atoms with Gasteiger partial charge < -0.3 is 5.11 Å². The number of hydrogen-bond acceptors (Lipinski definition) is 1. The van der Waals surface area contributed by atoms with E-state index in [9.17, 15) is 4.79 Å². The van der Waals surface area contributed by atoms with E-state index in [2.05, 4.69) is 13.0 Å². The van der Waals surface area contributed by atoms with Gasteiger partial charge in [0.25, 0.3) is 0 Å². The molecule has 0 bridgehead atoms. The fraction of sp³-hybridized carbons (Fsp3) is 0.720. The molecule has 0 radical (unpaired) electrons. The first-order valence-electron chi connectivity index (χ1n) is 11.5. The Balaban J connectivity index is 3.15. The van der Waals surface area contributed by atoms with Gasteiger partial charge in [0, 0.05) is 6.08 Å². The third-order valence-electron chi connectivity index (χ3n) is 4.93. The lowest BCUT2D eigenvalue weighted by Gasteiger charge is -2.03. The third-order valence-corrected chi connectivity index (χ3v) is 4.93. The van der Waals surface area contributed by atoms with E-state index in [0.717, 1.165) is 12.5 Å². The van der Waals surface area contributed by atoms with Gasteiger partial charge in [0.1, 0.15) is 0 Å². The summed E-state index contributed by atoms with van der Waals surface area (Å²) in [4.78, 5) is 10.3. The van der Waals surface area contributed by atoms with Crippen molar-refractivity contribution in [3.05, 3.63) is 36.5 Å². The van der Waals surface area contributed by atoms with Gasteiger partial charge in [-0.15, -0.1) is 0 Å². The molecular weight excluding hydrogens is 332 g/mol. The first-order valence-corrected chi connectivity index (χ1v) is 11.5. The maximum absolute atomic E-state index is 10.3. The predicted octanol–water partition coefficient (Wildman–Crippen LogP) is 8.39. The first-order chi connectivity index (χ1) is 13.3. The molecule has 2 heteroatoms. The van der Waals surface area contributed by atoms with E-state index < -0.39 is 5.97 Å². The average Bonchev–Trinajstić information content (AvgIpc) is 2.65. The van der Waals surface area contributed by atoms with Crippen molar-refractivity contribution in [1.29, 1.82) is 0 Å². The molecule has 2 nitrogen and oxygen atoms in total. The third kappa shape index (κ3) is 24.7. The van der Waals surface area contributed by atoms with E-state index in [1.165, 1.54) is 103 Å². The van der Waals surface area contributed by atoms with Crippen molar-refractivity contribution in [2.75, 3.05) is 0 Å². The molecule has 0 aliphatic rings. The molecule has 0 aliphatic heterocycles. The summed E-state index contributed by atoms with van der Waals surface area (Å²) >= 11 is 0. The number of hydrogen-bond donors (Lipinski definition) is 1. The molecule has 0 spiro atoms. The number of unbranched alkanes of at least 4 members (excludes halogenated alkanes) is 16. The lowest BCUT2D eigenvalue weighted by molar-refractivity contribution is -0.131. The Morgan fingerprint density at radius 1 is 0.593 bits per heavy atom. The van der Waals surface area contributed by atoms with Crippen molar-refractivity contribution in [2.45, 2.75) is 116 Å². The Hall–Kier alpha value is -1.31. The van der Waals surface area contributed by atoms with E-state index >= 15 is 0 Å². The molecule has 0 aromatic rings. The quantitative estimate of drug-likeness (QED) is 0.131. The molecule has 0 atom stereocenters. The van der Waals surface area contributed by atoms with Gasteiger partial charge in [-0.3, -0.25) is 0 Å². The van der Waals surface area contributed by atoms with E-state index in [4.69, 9.17) is 5.11 Å². The summed E-state index contributed by atoms with van der Waals surface area (Å²) in [7, 11) is 0. The van der Waals surface area contributed by atoms with Crippen molar-refractivity contribution >= 4 is 5.97 Å². The molecule has 0 saturated carbocycles. The minimum Gasteiger partial charge on any atom is -0.478 e. The van der Waals surface area contributed by atoms with E-state index in [-0.39, 0.29) is 0 Å². The molecule has 0 aromatic heterocycles. The van der Waals surface area contributed by atoms with Gasteiger partial charge in [0.15, 0.2) is 0 Å². The predicted molar refractivity (Wildman–Crippen MR) is 119 cm³/mol. The number of carboxylic acids is 1. The standard InChI is InChI=1S/C25H44O2/c1-2-3-4-5-6-7-8-9-10-11-12-13-14-15-16-17-18-19-20-21-22-23-24-25(26)27/h19-24H,2-18H2,1H3,(H,26,27)/b20-19+,22-21+,24-23+. The zero-order chi connectivity index (χ0) is 19.8. The smallest absolute Gasteiger partial charge is 0.328 e. The molecule has 156 valence electrons. The molecule has 0 saturated heterocycles. The monoisotopic (exact) mass is 376 g/mol. The summed E-state index contributed by atoms with van der Waals surface area (Å²) in [5, 5.41) is 8.44. The van der Waals surface area contributed by atoms with Crippen molar-refractivity contribution in [1.82, 2.24) is 0 Å². The van der Waals surface area contributed by atoms with E-state index in [1.807, 2.05) is 12.2 Å². The topological polar surface area (TPSA) is 37.3 Å². The highest BCUT2D eigenvalue weighted by molar-refractivity contribution is 5.80.